The van der Waals surface area contributed by atoms with Gasteiger partial charge in [-0.25, -0.2) is 0 Å². The molecule has 2 nitrogen and oxygen atoms in total. The summed E-state index contributed by atoms with van der Waals surface area (Å²) < 4.78 is 5.47. The molecule has 0 amide bonds. The first-order valence-corrected chi connectivity index (χ1v) is 7.61. The minimum Gasteiger partial charge on any atom is -0.496 e. The maximum atomic E-state index is 5.47. The highest BCUT2D eigenvalue weighted by Gasteiger charge is 2.14. The van der Waals surface area contributed by atoms with E-state index >= 15 is 0 Å². The third-order valence-electron chi connectivity index (χ3n) is 4.15. The lowest BCUT2D eigenvalue weighted by molar-refractivity contribution is 0.408. The molecule has 1 saturated carbocycles. The molecule has 1 aromatic carbocycles. The van der Waals surface area contributed by atoms with Crippen LogP contribution in [-0.4, -0.2) is 19.7 Å². The van der Waals surface area contributed by atoms with Gasteiger partial charge in [0.25, 0.3) is 0 Å². The van der Waals surface area contributed by atoms with Crippen LogP contribution >= 0.6 is 0 Å². The molecule has 0 atom stereocenters. The quantitative estimate of drug-likeness (QED) is 0.838. The van der Waals surface area contributed by atoms with Crippen molar-refractivity contribution in [2.45, 2.75) is 57.9 Å². The van der Waals surface area contributed by atoms with E-state index in [-0.39, 0.29) is 0 Å². The molecule has 0 radical (unpaired) electrons. The Morgan fingerprint density at radius 3 is 2.63 bits per heavy atom. The van der Waals surface area contributed by atoms with Crippen LogP contribution in [0.15, 0.2) is 18.2 Å². The van der Waals surface area contributed by atoms with Crippen LogP contribution in [-0.2, 0) is 6.42 Å². The summed E-state index contributed by atoms with van der Waals surface area (Å²) in [6.45, 7) is 5.54. The number of benzene rings is 1. The molecule has 0 unspecified atom stereocenters. The molecule has 106 valence electrons. The van der Waals surface area contributed by atoms with Crippen molar-refractivity contribution in [1.29, 1.82) is 0 Å². The number of hydrogen-bond donors (Lipinski definition) is 1. The van der Waals surface area contributed by atoms with Crippen molar-refractivity contribution < 1.29 is 4.74 Å². The second-order valence-corrected chi connectivity index (χ2v) is 5.91. The van der Waals surface area contributed by atoms with Crippen LogP contribution < -0.4 is 10.1 Å². The third kappa shape index (κ3) is 3.97. The molecule has 0 spiro atoms. The Labute approximate surface area is 117 Å². The van der Waals surface area contributed by atoms with Crippen molar-refractivity contribution in [2.24, 2.45) is 0 Å². The maximum absolute atomic E-state index is 5.47. The van der Waals surface area contributed by atoms with Gasteiger partial charge in [-0.1, -0.05) is 38.8 Å². The van der Waals surface area contributed by atoms with Gasteiger partial charge in [-0.2, -0.15) is 0 Å². The number of nitrogens with one attached hydrogen (secondary N) is 1. The highest BCUT2D eigenvalue weighted by Crippen LogP contribution is 2.24. The zero-order valence-corrected chi connectivity index (χ0v) is 12.5. The van der Waals surface area contributed by atoms with Gasteiger partial charge in [0.15, 0.2) is 0 Å². The van der Waals surface area contributed by atoms with Crippen molar-refractivity contribution in [3.05, 3.63) is 29.3 Å². The molecule has 1 aromatic rings. The number of hydrogen-bond acceptors (Lipinski definition) is 2. The fourth-order valence-electron chi connectivity index (χ4n) is 2.89. The first kappa shape index (κ1) is 14.4. The SMILES string of the molecule is COc1ccc(C(C)C)cc1CCNC1CCCC1. The molecule has 0 aliphatic heterocycles. The predicted octanol–water partition coefficient (Wildman–Crippen LogP) is 3.89. The summed E-state index contributed by atoms with van der Waals surface area (Å²) in [7, 11) is 1.76. The molecule has 19 heavy (non-hydrogen) atoms. The van der Waals surface area contributed by atoms with Crippen LogP contribution in [0.4, 0.5) is 0 Å². The second kappa shape index (κ2) is 6.95. The van der Waals surface area contributed by atoms with Crippen LogP contribution in [0.3, 0.4) is 0 Å². The van der Waals surface area contributed by atoms with Crippen molar-refractivity contribution in [3.8, 4) is 5.75 Å². The van der Waals surface area contributed by atoms with E-state index in [1.54, 1.807) is 7.11 Å². The summed E-state index contributed by atoms with van der Waals surface area (Å²) in [5, 5.41) is 3.67. The van der Waals surface area contributed by atoms with E-state index in [0.29, 0.717) is 5.92 Å². The van der Waals surface area contributed by atoms with Gasteiger partial charge < -0.3 is 10.1 Å². The fourth-order valence-corrected chi connectivity index (χ4v) is 2.89. The van der Waals surface area contributed by atoms with Gasteiger partial charge in [-0.15, -0.1) is 0 Å². The average Bonchev–Trinajstić information content (AvgIpc) is 2.91. The second-order valence-electron chi connectivity index (χ2n) is 5.91. The standard InChI is InChI=1S/C17H27NO/c1-13(2)14-8-9-17(19-3)15(12-14)10-11-18-16-6-4-5-7-16/h8-9,12-13,16,18H,4-7,10-11H2,1-3H3. The van der Waals surface area contributed by atoms with Gasteiger partial charge in [0, 0.05) is 6.04 Å². The monoisotopic (exact) mass is 261 g/mol. The van der Waals surface area contributed by atoms with Gasteiger partial charge in [0.2, 0.25) is 0 Å². The highest BCUT2D eigenvalue weighted by molar-refractivity contribution is 5.38. The lowest BCUT2D eigenvalue weighted by Gasteiger charge is -2.15. The largest absolute Gasteiger partial charge is 0.496 e. The Morgan fingerprint density at radius 1 is 1.26 bits per heavy atom. The van der Waals surface area contributed by atoms with Crippen molar-refractivity contribution in [3.63, 3.8) is 0 Å². The number of methoxy groups -OCH3 is 1. The van der Waals surface area contributed by atoms with E-state index in [1.165, 1.54) is 36.8 Å². The lowest BCUT2D eigenvalue weighted by Crippen LogP contribution is -2.28. The summed E-state index contributed by atoms with van der Waals surface area (Å²) in [5.41, 5.74) is 2.73. The predicted molar refractivity (Wildman–Crippen MR) is 81.0 cm³/mol. The normalized spacial score (nSPS) is 16.2. The Hall–Kier alpha value is -1.02. The van der Waals surface area contributed by atoms with E-state index in [0.717, 1.165) is 24.8 Å². The van der Waals surface area contributed by atoms with Gasteiger partial charge in [-0.3, -0.25) is 0 Å². The molecule has 1 fully saturated rings. The van der Waals surface area contributed by atoms with E-state index in [4.69, 9.17) is 4.74 Å². The molecule has 0 heterocycles. The van der Waals surface area contributed by atoms with E-state index in [9.17, 15) is 0 Å². The molecule has 2 rings (SSSR count). The molecular weight excluding hydrogens is 234 g/mol. The molecule has 0 saturated heterocycles. The van der Waals surface area contributed by atoms with Crippen molar-refractivity contribution in [1.82, 2.24) is 5.32 Å². The summed E-state index contributed by atoms with van der Waals surface area (Å²) in [6, 6.07) is 7.34. The van der Waals surface area contributed by atoms with Crippen LogP contribution in [0.2, 0.25) is 0 Å². The van der Waals surface area contributed by atoms with Crippen LogP contribution in [0.1, 0.15) is 56.6 Å². The maximum Gasteiger partial charge on any atom is 0.122 e. The van der Waals surface area contributed by atoms with Crippen LogP contribution in [0.25, 0.3) is 0 Å². The lowest BCUT2D eigenvalue weighted by atomic mass is 9.99. The number of rotatable bonds is 6. The minimum absolute atomic E-state index is 0.576. The molecule has 1 aliphatic rings. The Bertz CT molecular complexity index is 394. The van der Waals surface area contributed by atoms with Crippen LogP contribution in [0.5, 0.6) is 5.75 Å². The molecule has 0 aromatic heterocycles. The Morgan fingerprint density at radius 2 is 2.00 bits per heavy atom. The van der Waals surface area contributed by atoms with E-state index in [1.807, 2.05) is 0 Å². The molecule has 0 bridgehead atoms. The molecule has 2 heteroatoms. The van der Waals surface area contributed by atoms with Crippen molar-refractivity contribution in [2.75, 3.05) is 13.7 Å². The third-order valence-corrected chi connectivity index (χ3v) is 4.15. The first-order valence-electron chi connectivity index (χ1n) is 7.61. The van der Waals surface area contributed by atoms with Gasteiger partial charge in [0.05, 0.1) is 7.11 Å². The van der Waals surface area contributed by atoms with Crippen LogP contribution in [0, 0.1) is 0 Å². The van der Waals surface area contributed by atoms with E-state index in [2.05, 4.69) is 37.4 Å². The highest BCUT2D eigenvalue weighted by atomic mass is 16.5. The summed E-state index contributed by atoms with van der Waals surface area (Å²) in [5.74, 6) is 1.60. The van der Waals surface area contributed by atoms with Crippen molar-refractivity contribution >= 4 is 0 Å². The Balaban J connectivity index is 1.94. The topological polar surface area (TPSA) is 21.3 Å². The fraction of sp³-hybridized carbons (Fsp3) is 0.647. The Kier molecular flexibility index (Phi) is 5.26. The molecule has 1 N–H and O–H groups in total. The zero-order chi connectivity index (χ0) is 13.7. The van der Waals surface area contributed by atoms with E-state index < -0.39 is 0 Å². The zero-order valence-electron chi connectivity index (χ0n) is 12.5. The van der Waals surface area contributed by atoms with Gasteiger partial charge in [-0.05, 0) is 48.9 Å². The van der Waals surface area contributed by atoms with Gasteiger partial charge >= 0.3 is 0 Å². The number of ether oxygens (including phenoxy) is 1. The molecule has 1 aliphatic carbocycles. The summed E-state index contributed by atoms with van der Waals surface area (Å²) >= 11 is 0. The summed E-state index contributed by atoms with van der Waals surface area (Å²) in [6.07, 6.45) is 6.54. The smallest absolute Gasteiger partial charge is 0.122 e. The molecular formula is C17H27NO. The van der Waals surface area contributed by atoms with Gasteiger partial charge in [0.1, 0.15) is 5.75 Å². The summed E-state index contributed by atoms with van der Waals surface area (Å²) in [4.78, 5) is 0. The average molecular weight is 261 g/mol. The minimum atomic E-state index is 0.576. The first-order chi connectivity index (χ1) is 9.20.